The number of thiophene rings is 1. The summed E-state index contributed by atoms with van der Waals surface area (Å²) >= 11 is 1.75. The standard InChI is InChI=1S/C17H16N2S/c18-12-15-1-3-17(4-2-15)19-8-5-14(6-9-19)11-16-7-10-20-13-16/h1-4,7,10-11,13H,5-6,8-9H2. The molecule has 2 aromatic rings. The van der Waals surface area contributed by atoms with Crippen molar-refractivity contribution in [3.63, 3.8) is 0 Å². The van der Waals surface area contributed by atoms with E-state index < -0.39 is 0 Å². The van der Waals surface area contributed by atoms with Crippen LogP contribution in [0.3, 0.4) is 0 Å². The van der Waals surface area contributed by atoms with Crippen LogP contribution in [0.5, 0.6) is 0 Å². The molecule has 1 fully saturated rings. The minimum Gasteiger partial charge on any atom is -0.371 e. The van der Waals surface area contributed by atoms with E-state index in [1.807, 2.05) is 24.3 Å². The van der Waals surface area contributed by atoms with Crippen molar-refractivity contribution in [1.82, 2.24) is 0 Å². The van der Waals surface area contributed by atoms with Crippen LogP contribution in [-0.2, 0) is 0 Å². The molecule has 2 nitrogen and oxygen atoms in total. The lowest BCUT2D eigenvalue weighted by atomic mass is 10.0. The van der Waals surface area contributed by atoms with Crippen LogP contribution in [0.2, 0.25) is 0 Å². The quantitative estimate of drug-likeness (QED) is 0.820. The van der Waals surface area contributed by atoms with Crippen LogP contribution in [-0.4, -0.2) is 13.1 Å². The predicted octanol–water partition coefficient (Wildman–Crippen LogP) is 4.30. The van der Waals surface area contributed by atoms with Gasteiger partial charge >= 0.3 is 0 Å². The molecule has 0 saturated carbocycles. The fourth-order valence-electron chi connectivity index (χ4n) is 2.54. The molecular weight excluding hydrogens is 264 g/mol. The number of rotatable bonds is 2. The van der Waals surface area contributed by atoms with Crippen molar-refractivity contribution >= 4 is 23.1 Å². The van der Waals surface area contributed by atoms with Gasteiger partial charge in [-0.25, -0.2) is 0 Å². The number of nitrogens with zero attached hydrogens (tertiary/aromatic N) is 2. The normalized spacial score (nSPS) is 14.9. The van der Waals surface area contributed by atoms with Crippen LogP contribution in [0.1, 0.15) is 24.0 Å². The summed E-state index contributed by atoms with van der Waals surface area (Å²) in [6.07, 6.45) is 4.57. The molecule has 3 heteroatoms. The first-order valence-electron chi connectivity index (χ1n) is 6.82. The Kier molecular flexibility index (Phi) is 3.85. The lowest BCUT2D eigenvalue weighted by Gasteiger charge is -2.30. The minimum atomic E-state index is 0.726. The number of piperidine rings is 1. The second-order valence-corrected chi connectivity index (χ2v) is 5.79. The summed E-state index contributed by atoms with van der Waals surface area (Å²) in [4.78, 5) is 2.39. The van der Waals surface area contributed by atoms with Gasteiger partial charge in [0.1, 0.15) is 0 Å². The molecule has 0 spiro atoms. The van der Waals surface area contributed by atoms with E-state index in [1.54, 1.807) is 11.3 Å². The molecule has 1 aromatic heterocycles. The van der Waals surface area contributed by atoms with Gasteiger partial charge in [-0.2, -0.15) is 16.6 Å². The first-order valence-corrected chi connectivity index (χ1v) is 7.76. The van der Waals surface area contributed by atoms with Gasteiger partial charge in [-0.05, 0) is 59.5 Å². The molecule has 3 rings (SSSR count). The zero-order valence-electron chi connectivity index (χ0n) is 11.2. The van der Waals surface area contributed by atoms with E-state index >= 15 is 0 Å². The van der Waals surface area contributed by atoms with Crippen molar-refractivity contribution in [1.29, 1.82) is 5.26 Å². The molecule has 0 unspecified atom stereocenters. The highest BCUT2D eigenvalue weighted by Crippen LogP contribution is 2.25. The Labute approximate surface area is 123 Å². The molecule has 20 heavy (non-hydrogen) atoms. The summed E-state index contributed by atoms with van der Waals surface area (Å²) in [6.45, 7) is 2.11. The Morgan fingerprint density at radius 2 is 1.85 bits per heavy atom. The lowest BCUT2D eigenvalue weighted by molar-refractivity contribution is 0.689. The maximum absolute atomic E-state index is 8.83. The summed E-state index contributed by atoms with van der Waals surface area (Å²) < 4.78 is 0. The van der Waals surface area contributed by atoms with Crippen molar-refractivity contribution in [2.75, 3.05) is 18.0 Å². The van der Waals surface area contributed by atoms with E-state index in [9.17, 15) is 0 Å². The number of hydrogen-bond donors (Lipinski definition) is 0. The second-order valence-electron chi connectivity index (χ2n) is 5.00. The summed E-state index contributed by atoms with van der Waals surface area (Å²) in [6, 6.07) is 12.2. The average molecular weight is 280 g/mol. The number of nitriles is 1. The molecule has 100 valence electrons. The van der Waals surface area contributed by atoms with Crippen LogP contribution in [0.4, 0.5) is 5.69 Å². The second kappa shape index (κ2) is 5.94. The third-order valence-electron chi connectivity index (χ3n) is 3.68. The third kappa shape index (κ3) is 2.92. The fourth-order valence-corrected chi connectivity index (χ4v) is 3.15. The Balaban J connectivity index is 1.65. The van der Waals surface area contributed by atoms with Gasteiger partial charge in [-0.3, -0.25) is 0 Å². The Morgan fingerprint density at radius 1 is 1.10 bits per heavy atom. The Bertz CT molecular complexity index is 623. The van der Waals surface area contributed by atoms with Crippen LogP contribution < -0.4 is 4.90 Å². The Hall–Kier alpha value is -2.05. The molecule has 0 N–H and O–H groups in total. The highest BCUT2D eigenvalue weighted by molar-refractivity contribution is 7.08. The first-order chi connectivity index (χ1) is 9.85. The average Bonchev–Trinajstić information content (AvgIpc) is 3.01. The number of anilines is 1. The van der Waals surface area contributed by atoms with Crippen LogP contribution in [0.25, 0.3) is 6.08 Å². The van der Waals surface area contributed by atoms with E-state index in [0.29, 0.717) is 0 Å². The largest absolute Gasteiger partial charge is 0.371 e. The number of benzene rings is 1. The molecular formula is C17H16N2S. The maximum Gasteiger partial charge on any atom is 0.0991 e. The van der Waals surface area contributed by atoms with Crippen LogP contribution >= 0.6 is 11.3 Å². The van der Waals surface area contributed by atoms with Crippen molar-refractivity contribution in [2.45, 2.75) is 12.8 Å². The molecule has 1 aliphatic heterocycles. The van der Waals surface area contributed by atoms with Gasteiger partial charge in [0.25, 0.3) is 0 Å². The van der Waals surface area contributed by atoms with Crippen molar-refractivity contribution in [3.05, 3.63) is 57.8 Å². The zero-order chi connectivity index (χ0) is 13.8. The monoisotopic (exact) mass is 280 g/mol. The maximum atomic E-state index is 8.83. The molecule has 1 aliphatic rings. The van der Waals surface area contributed by atoms with Gasteiger partial charge in [0.15, 0.2) is 0 Å². The molecule has 0 amide bonds. The van der Waals surface area contributed by atoms with Crippen molar-refractivity contribution in [3.8, 4) is 6.07 Å². The molecule has 0 atom stereocenters. The fraction of sp³-hybridized carbons (Fsp3) is 0.235. The van der Waals surface area contributed by atoms with Crippen LogP contribution in [0.15, 0.2) is 46.7 Å². The lowest BCUT2D eigenvalue weighted by Crippen LogP contribution is -2.30. The number of hydrogen-bond acceptors (Lipinski definition) is 3. The molecule has 1 saturated heterocycles. The van der Waals surface area contributed by atoms with Crippen LogP contribution in [0, 0.1) is 11.3 Å². The van der Waals surface area contributed by atoms with E-state index in [4.69, 9.17) is 5.26 Å². The zero-order valence-corrected chi connectivity index (χ0v) is 12.1. The summed E-state index contributed by atoms with van der Waals surface area (Å²) in [7, 11) is 0. The molecule has 1 aromatic carbocycles. The van der Waals surface area contributed by atoms with E-state index in [2.05, 4.69) is 33.9 Å². The van der Waals surface area contributed by atoms with Gasteiger partial charge in [0.05, 0.1) is 11.6 Å². The Morgan fingerprint density at radius 3 is 2.45 bits per heavy atom. The first kappa shape index (κ1) is 13.0. The third-order valence-corrected chi connectivity index (χ3v) is 4.38. The van der Waals surface area contributed by atoms with Gasteiger partial charge in [-0.1, -0.05) is 11.6 Å². The smallest absolute Gasteiger partial charge is 0.0991 e. The SMILES string of the molecule is N#Cc1ccc(N2CCC(=Cc3ccsc3)CC2)cc1. The molecule has 0 bridgehead atoms. The molecule has 0 radical (unpaired) electrons. The van der Waals surface area contributed by atoms with E-state index in [0.717, 1.165) is 31.5 Å². The van der Waals surface area contributed by atoms with Gasteiger partial charge in [-0.15, -0.1) is 0 Å². The van der Waals surface area contributed by atoms with Crippen molar-refractivity contribution < 1.29 is 0 Å². The van der Waals surface area contributed by atoms with E-state index in [-0.39, 0.29) is 0 Å². The predicted molar refractivity (Wildman–Crippen MR) is 84.9 cm³/mol. The summed E-state index contributed by atoms with van der Waals surface area (Å²) in [5.41, 5.74) is 4.81. The topological polar surface area (TPSA) is 27.0 Å². The molecule has 2 heterocycles. The van der Waals surface area contributed by atoms with Crippen molar-refractivity contribution in [2.24, 2.45) is 0 Å². The minimum absolute atomic E-state index is 0.726. The van der Waals surface area contributed by atoms with Gasteiger partial charge in [0.2, 0.25) is 0 Å². The highest BCUT2D eigenvalue weighted by Gasteiger charge is 2.14. The summed E-state index contributed by atoms with van der Waals surface area (Å²) in [5.74, 6) is 0. The van der Waals surface area contributed by atoms with E-state index in [1.165, 1.54) is 16.8 Å². The summed E-state index contributed by atoms with van der Waals surface area (Å²) in [5, 5.41) is 13.1. The van der Waals surface area contributed by atoms with Gasteiger partial charge < -0.3 is 4.90 Å². The highest BCUT2D eigenvalue weighted by atomic mass is 32.1. The molecule has 0 aliphatic carbocycles. The van der Waals surface area contributed by atoms with Gasteiger partial charge in [0, 0.05) is 18.8 Å².